The SMILES string of the molecule is Nc1cc(F)cc(S(=O)(=O)Nc2ccc(F)c(F)c2)c1. The van der Waals surface area contributed by atoms with Crippen molar-refractivity contribution in [1.29, 1.82) is 0 Å². The third kappa shape index (κ3) is 3.02. The lowest BCUT2D eigenvalue weighted by Crippen LogP contribution is -2.14. The molecule has 2 aromatic carbocycles. The van der Waals surface area contributed by atoms with Gasteiger partial charge in [-0.05, 0) is 30.3 Å². The molecule has 20 heavy (non-hydrogen) atoms. The first-order valence-electron chi connectivity index (χ1n) is 5.32. The predicted octanol–water partition coefficient (Wildman–Crippen LogP) is 2.49. The zero-order valence-electron chi connectivity index (χ0n) is 9.90. The maximum absolute atomic E-state index is 13.1. The molecule has 0 unspecified atom stereocenters. The van der Waals surface area contributed by atoms with E-state index < -0.39 is 32.4 Å². The van der Waals surface area contributed by atoms with Gasteiger partial charge in [-0.15, -0.1) is 0 Å². The number of nitrogens with two attached hydrogens (primary N) is 1. The summed E-state index contributed by atoms with van der Waals surface area (Å²) < 4.78 is 64.8. The minimum Gasteiger partial charge on any atom is -0.399 e. The third-order valence-electron chi connectivity index (χ3n) is 2.38. The van der Waals surface area contributed by atoms with E-state index in [1.807, 2.05) is 4.72 Å². The highest BCUT2D eigenvalue weighted by Gasteiger charge is 2.16. The van der Waals surface area contributed by atoms with Crippen LogP contribution in [-0.4, -0.2) is 8.42 Å². The quantitative estimate of drug-likeness (QED) is 0.856. The van der Waals surface area contributed by atoms with E-state index in [9.17, 15) is 21.6 Å². The van der Waals surface area contributed by atoms with Gasteiger partial charge in [0.2, 0.25) is 0 Å². The molecule has 8 heteroatoms. The molecule has 0 aromatic heterocycles. The van der Waals surface area contributed by atoms with Crippen LogP contribution in [0.3, 0.4) is 0 Å². The molecule has 0 radical (unpaired) electrons. The van der Waals surface area contributed by atoms with Crippen molar-refractivity contribution >= 4 is 21.4 Å². The Morgan fingerprint density at radius 3 is 2.25 bits per heavy atom. The van der Waals surface area contributed by atoms with E-state index >= 15 is 0 Å². The van der Waals surface area contributed by atoms with Crippen molar-refractivity contribution in [2.24, 2.45) is 0 Å². The van der Waals surface area contributed by atoms with Gasteiger partial charge < -0.3 is 5.73 Å². The summed E-state index contributed by atoms with van der Waals surface area (Å²) in [6.45, 7) is 0. The average molecular weight is 302 g/mol. The molecule has 2 aromatic rings. The van der Waals surface area contributed by atoms with Crippen LogP contribution in [0.5, 0.6) is 0 Å². The Hall–Kier alpha value is -2.22. The van der Waals surface area contributed by atoms with Crippen LogP contribution in [0.15, 0.2) is 41.3 Å². The topological polar surface area (TPSA) is 72.2 Å². The largest absolute Gasteiger partial charge is 0.399 e. The van der Waals surface area contributed by atoms with Crippen molar-refractivity contribution in [3.8, 4) is 0 Å². The first kappa shape index (κ1) is 14.2. The number of rotatable bonds is 3. The van der Waals surface area contributed by atoms with Crippen LogP contribution in [0.25, 0.3) is 0 Å². The van der Waals surface area contributed by atoms with Crippen LogP contribution in [0.1, 0.15) is 0 Å². The van der Waals surface area contributed by atoms with Gasteiger partial charge in [0.25, 0.3) is 10.0 Å². The number of sulfonamides is 1. The fourth-order valence-corrected chi connectivity index (χ4v) is 2.63. The fraction of sp³-hybridized carbons (Fsp3) is 0. The van der Waals surface area contributed by atoms with Crippen LogP contribution in [0.4, 0.5) is 24.5 Å². The van der Waals surface area contributed by atoms with E-state index in [1.54, 1.807) is 0 Å². The maximum Gasteiger partial charge on any atom is 0.262 e. The summed E-state index contributed by atoms with van der Waals surface area (Å²) in [5.74, 6) is -3.14. The maximum atomic E-state index is 13.1. The van der Waals surface area contributed by atoms with Crippen molar-refractivity contribution in [2.45, 2.75) is 4.90 Å². The normalized spacial score (nSPS) is 11.3. The Morgan fingerprint density at radius 1 is 0.950 bits per heavy atom. The second-order valence-corrected chi connectivity index (χ2v) is 5.64. The molecular weight excluding hydrogens is 293 g/mol. The molecular formula is C12H9F3N2O2S. The molecule has 106 valence electrons. The minimum atomic E-state index is -4.15. The van der Waals surface area contributed by atoms with Crippen molar-refractivity contribution in [1.82, 2.24) is 0 Å². The van der Waals surface area contributed by atoms with E-state index in [0.29, 0.717) is 6.07 Å². The summed E-state index contributed by atoms with van der Waals surface area (Å²) in [6.07, 6.45) is 0. The van der Waals surface area contributed by atoms with E-state index in [0.717, 1.165) is 30.3 Å². The third-order valence-corrected chi connectivity index (χ3v) is 3.74. The second kappa shape index (κ2) is 5.04. The van der Waals surface area contributed by atoms with E-state index in [-0.39, 0.29) is 11.4 Å². The molecule has 3 N–H and O–H groups in total. The highest BCUT2D eigenvalue weighted by Crippen LogP contribution is 2.20. The number of hydrogen-bond donors (Lipinski definition) is 2. The number of nitrogens with one attached hydrogen (secondary N) is 1. The molecule has 0 atom stereocenters. The molecule has 0 spiro atoms. The van der Waals surface area contributed by atoms with Gasteiger partial charge >= 0.3 is 0 Å². The highest BCUT2D eigenvalue weighted by molar-refractivity contribution is 7.92. The monoisotopic (exact) mass is 302 g/mol. The molecule has 0 saturated heterocycles. The van der Waals surface area contributed by atoms with Crippen LogP contribution in [0, 0.1) is 17.5 Å². The summed E-state index contributed by atoms with van der Waals surface area (Å²) >= 11 is 0. The first-order valence-corrected chi connectivity index (χ1v) is 6.80. The van der Waals surface area contributed by atoms with Crippen molar-refractivity contribution < 1.29 is 21.6 Å². The molecule has 2 rings (SSSR count). The van der Waals surface area contributed by atoms with Crippen molar-refractivity contribution in [3.05, 3.63) is 53.8 Å². The second-order valence-electron chi connectivity index (χ2n) is 3.95. The molecule has 0 aliphatic carbocycles. The predicted molar refractivity (Wildman–Crippen MR) is 68.0 cm³/mol. The summed E-state index contributed by atoms with van der Waals surface area (Å²) in [4.78, 5) is -0.417. The van der Waals surface area contributed by atoms with E-state index in [1.165, 1.54) is 0 Å². The zero-order chi connectivity index (χ0) is 14.9. The Labute approximate surface area is 113 Å². The number of halogens is 3. The van der Waals surface area contributed by atoms with E-state index in [4.69, 9.17) is 5.73 Å². The van der Waals surface area contributed by atoms with Gasteiger partial charge in [-0.25, -0.2) is 21.6 Å². The number of anilines is 2. The molecule has 0 amide bonds. The van der Waals surface area contributed by atoms with Crippen LogP contribution in [-0.2, 0) is 10.0 Å². The summed E-state index contributed by atoms with van der Waals surface area (Å²) in [7, 11) is -4.15. The van der Waals surface area contributed by atoms with Gasteiger partial charge in [0.05, 0.1) is 10.6 Å². The van der Waals surface area contributed by atoms with E-state index in [2.05, 4.69) is 0 Å². The number of nitrogen functional groups attached to an aromatic ring is 1. The Balaban J connectivity index is 2.37. The molecule has 0 saturated carbocycles. The highest BCUT2D eigenvalue weighted by atomic mass is 32.2. The summed E-state index contributed by atoms with van der Waals surface area (Å²) in [5.41, 5.74) is 5.09. The molecule has 0 aliphatic heterocycles. The Kier molecular flexibility index (Phi) is 3.58. The Morgan fingerprint density at radius 2 is 1.65 bits per heavy atom. The summed E-state index contributed by atoms with van der Waals surface area (Å²) in [5, 5.41) is 0. The van der Waals surface area contributed by atoms with Gasteiger partial charge in [-0.1, -0.05) is 0 Å². The van der Waals surface area contributed by atoms with Crippen molar-refractivity contribution in [2.75, 3.05) is 10.5 Å². The lowest BCUT2D eigenvalue weighted by atomic mass is 10.3. The zero-order valence-corrected chi connectivity index (χ0v) is 10.7. The van der Waals surface area contributed by atoms with Gasteiger partial charge in [-0.2, -0.15) is 0 Å². The average Bonchev–Trinajstić information content (AvgIpc) is 2.32. The van der Waals surface area contributed by atoms with Crippen LogP contribution >= 0.6 is 0 Å². The smallest absolute Gasteiger partial charge is 0.262 e. The van der Waals surface area contributed by atoms with Gasteiger partial charge in [0.15, 0.2) is 11.6 Å². The van der Waals surface area contributed by atoms with Gasteiger partial charge in [0, 0.05) is 11.8 Å². The van der Waals surface area contributed by atoms with Crippen molar-refractivity contribution in [3.63, 3.8) is 0 Å². The van der Waals surface area contributed by atoms with Gasteiger partial charge in [0.1, 0.15) is 5.82 Å². The lowest BCUT2D eigenvalue weighted by Gasteiger charge is -2.09. The van der Waals surface area contributed by atoms with Crippen LogP contribution < -0.4 is 10.5 Å². The number of hydrogen-bond acceptors (Lipinski definition) is 3. The standard InChI is InChI=1S/C12H9F3N2O2S/c13-7-3-8(16)5-10(4-7)20(18,19)17-9-1-2-11(14)12(15)6-9/h1-6,17H,16H2. The molecule has 4 nitrogen and oxygen atoms in total. The fourth-order valence-electron chi connectivity index (χ4n) is 1.51. The molecule has 0 bridgehead atoms. The first-order chi connectivity index (χ1) is 9.28. The van der Waals surface area contributed by atoms with Crippen LogP contribution in [0.2, 0.25) is 0 Å². The summed E-state index contributed by atoms with van der Waals surface area (Å²) in [6, 6.07) is 5.25. The minimum absolute atomic E-state index is 0.0735. The van der Waals surface area contributed by atoms with Gasteiger partial charge in [-0.3, -0.25) is 4.72 Å². The molecule has 0 aliphatic rings. The Bertz CT molecular complexity index is 743. The molecule has 0 fully saturated rings. The lowest BCUT2D eigenvalue weighted by molar-refractivity contribution is 0.509. The number of benzene rings is 2. The molecule has 0 heterocycles.